The number of hydrogen-bond donors (Lipinski definition) is 0. The summed E-state index contributed by atoms with van der Waals surface area (Å²) in [4.78, 5) is 1.83. The standard InChI is InChI=1S/C11H11.C6H14BN.C4H10N.2ClH.Ti/c1-8-7-10-5-3-4-6-11(10)9(8)2;1-5(2)8(7)6(3)4;1-4(2,3)5;;;/h3-7H,1-2H3;5-6H,1-4H3;5H,1-3H3;2*1H;/q-1;;-1;;;+2/p-2. The van der Waals surface area contributed by atoms with Gasteiger partial charge in [-0.05, 0) is 12.1 Å². The third-order valence-electron chi connectivity index (χ3n) is 3.52. The maximum atomic E-state index is 6.94. The van der Waals surface area contributed by atoms with E-state index in [0.29, 0.717) is 12.1 Å². The van der Waals surface area contributed by atoms with Crippen molar-refractivity contribution in [2.45, 2.75) is 79.9 Å². The topological polar surface area (TPSA) is 27.0 Å². The summed E-state index contributed by atoms with van der Waals surface area (Å²) in [5, 5.41) is 2.76. The van der Waals surface area contributed by atoms with Crippen LogP contribution < -0.4 is 0 Å². The number of benzene rings is 1. The summed E-state index contributed by atoms with van der Waals surface area (Å²) < 4.78 is 0. The van der Waals surface area contributed by atoms with Gasteiger partial charge in [0.1, 0.15) is 0 Å². The quantitative estimate of drug-likeness (QED) is 0.346. The van der Waals surface area contributed by atoms with Gasteiger partial charge in [-0.1, -0.05) is 68.4 Å². The van der Waals surface area contributed by atoms with Gasteiger partial charge in [0.15, 0.2) is 7.98 Å². The summed E-state index contributed by atoms with van der Waals surface area (Å²) >= 11 is -0.556. The molecule has 152 valence electrons. The fourth-order valence-corrected chi connectivity index (χ4v) is 2.11. The summed E-state index contributed by atoms with van der Waals surface area (Å²) in [6.45, 7) is 18.2. The van der Waals surface area contributed by atoms with E-state index in [1.54, 1.807) is 0 Å². The molecule has 0 unspecified atom stereocenters. The molecule has 27 heavy (non-hydrogen) atoms. The zero-order valence-corrected chi connectivity index (χ0v) is 21.4. The number of aryl methyl sites for hydroxylation is 2. The number of nitrogens with one attached hydrogen (secondary N) is 1. The molecule has 0 fully saturated rings. The van der Waals surface area contributed by atoms with Gasteiger partial charge in [-0.3, -0.25) is 0 Å². The molecule has 0 saturated heterocycles. The summed E-state index contributed by atoms with van der Waals surface area (Å²) in [5.41, 5.74) is 9.50. The average Bonchev–Trinajstić information content (AvgIpc) is 2.81. The molecule has 0 spiro atoms. The Morgan fingerprint density at radius 2 is 1.41 bits per heavy atom. The molecule has 2 rings (SSSR count). The van der Waals surface area contributed by atoms with E-state index >= 15 is 0 Å². The van der Waals surface area contributed by atoms with Gasteiger partial charge in [0, 0.05) is 0 Å². The molecule has 0 bridgehead atoms. The number of fused-ring (bicyclic) bond motifs is 1. The van der Waals surface area contributed by atoms with Crippen molar-refractivity contribution in [1.82, 2.24) is 4.81 Å². The Hall–Kier alpha value is 0.109. The van der Waals surface area contributed by atoms with Gasteiger partial charge >= 0.3 is 35.6 Å². The normalized spacial score (nSPS) is 10.6. The van der Waals surface area contributed by atoms with Crippen molar-refractivity contribution in [3.8, 4) is 0 Å². The number of hydrogen-bond acceptors (Lipinski definition) is 1. The zero-order valence-electron chi connectivity index (χ0n) is 18.3. The molecule has 0 saturated carbocycles. The van der Waals surface area contributed by atoms with Crippen molar-refractivity contribution in [2.75, 3.05) is 0 Å². The van der Waals surface area contributed by atoms with Crippen LogP contribution in [0.3, 0.4) is 0 Å². The van der Waals surface area contributed by atoms with Gasteiger partial charge in [-0.25, -0.2) is 0 Å². The van der Waals surface area contributed by atoms with Crippen LogP contribution >= 0.6 is 18.6 Å². The van der Waals surface area contributed by atoms with Crippen LogP contribution in [0.5, 0.6) is 0 Å². The second-order valence-electron chi connectivity index (χ2n) is 8.00. The van der Waals surface area contributed by atoms with E-state index in [1.807, 2.05) is 25.6 Å². The molecule has 0 aliphatic rings. The predicted molar refractivity (Wildman–Crippen MR) is 123 cm³/mol. The van der Waals surface area contributed by atoms with Gasteiger partial charge in [-0.2, -0.15) is 5.56 Å². The molecule has 0 aliphatic heterocycles. The number of nitrogens with zero attached hydrogens (tertiary/aromatic N) is 1. The Balaban J connectivity index is 0. The first kappa shape index (κ1) is 29.3. The molecule has 2 aromatic rings. The maximum absolute atomic E-state index is 6.94. The molecule has 0 atom stereocenters. The second-order valence-corrected chi connectivity index (χ2v) is 10.6. The molecular formula is C21H35BCl2N2Ti-2. The predicted octanol–water partition coefficient (Wildman–Crippen LogP) is 7.58. The monoisotopic (exact) mass is 444 g/mol. The van der Waals surface area contributed by atoms with E-state index in [9.17, 15) is 0 Å². The minimum absolute atomic E-state index is 0.250. The molecule has 1 N–H and O–H groups in total. The average molecular weight is 445 g/mol. The van der Waals surface area contributed by atoms with E-state index in [-0.39, 0.29) is 5.54 Å². The SMILES string of the molecule is CC(C)(C)[NH-].Cc1[cH-]c2ccccc2c1C.[B]N(C(C)C)C(C)C.[Cl][Ti][Cl]. The van der Waals surface area contributed by atoms with Crippen LogP contribution in [0.1, 0.15) is 59.6 Å². The third kappa shape index (κ3) is 15.7. The van der Waals surface area contributed by atoms with Crippen molar-refractivity contribution in [2.24, 2.45) is 0 Å². The Kier molecular flexibility index (Phi) is 16.3. The summed E-state index contributed by atoms with van der Waals surface area (Å²) in [5.74, 6) is 0. The van der Waals surface area contributed by atoms with E-state index in [4.69, 9.17) is 32.3 Å². The summed E-state index contributed by atoms with van der Waals surface area (Å²) in [7, 11) is 15.4. The number of rotatable bonds is 2. The Labute approximate surface area is 185 Å². The second kappa shape index (κ2) is 15.0. The van der Waals surface area contributed by atoms with Crippen molar-refractivity contribution in [1.29, 1.82) is 0 Å². The van der Waals surface area contributed by atoms with Gasteiger partial charge in [0.25, 0.3) is 0 Å². The Morgan fingerprint density at radius 3 is 1.70 bits per heavy atom. The molecule has 2 radical (unpaired) electrons. The molecule has 0 aromatic heterocycles. The molecule has 0 aliphatic carbocycles. The van der Waals surface area contributed by atoms with E-state index in [1.165, 1.54) is 21.9 Å². The fourth-order valence-electron chi connectivity index (χ4n) is 2.11. The first-order valence-electron chi connectivity index (χ1n) is 9.12. The van der Waals surface area contributed by atoms with Gasteiger partial charge in [-0.15, -0.1) is 46.1 Å². The van der Waals surface area contributed by atoms with Crippen LogP contribution in [0, 0.1) is 13.8 Å². The van der Waals surface area contributed by atoms with Crippen LogP contribution in [0.25, 0.3) is 16.5 Å². The fraction of sp³-hybridized carbons (Fsp3) is 0.571. The first-order chi connectivity index (χ1) is 12.3. The van der Waals surface area contributed by atoms with Gasteiger partial charge in [0.05, 0.1) is 0 Å². The van der Waals surface area contributed by atoms with Crippen LogP contribution in [0.4, 0.5) is 0 Å². The summed E-state index contributed by atoms with van der Waals surface area (Å²) in [6, 6.07) is 11.7. The Bertz CT molecular complexity index is 608. The third-order valence-corrected chi connectivity index (χ3v) is 3.52. The molecule has 2 aromatic carbocycles. The van der Waals surface area contributed by atoms with E-state index in [2.05, 4.69) is 71.9 Å². The van der Waals surface area contributed by atoms with E-state index < -0.39 is 17.0 Å². The van der Waals surface area contributed by atoms with Crippen LogP contribution in [-0.2, 0) is 17.0 Å². The molecule has 0 amide bonds. The molecule has 6 heteroatoms. The number of halogens is 2. The minimum atomic E-state index is -0.556. The van der Waals surface area contributed by atoms with Crippen LogP contribution in [-0.4, -0.2) is 30.4 Å². The molecule has 0 heterocycles. The van der Waals surface area contributed by atoms with Crippen molar-refractivity contribution >= 4 is 37.4 Å². The van der Waals surface area contributed by atoms with Gasteiger partial charge in [0.2, 0.25) is 0 Å². The van der Waals surface area contributed by atoms with Gasteiger partial charge < -0.3 is 10.5 Å². The van der Waals surface area contributed by atoms with Crippen molar-refractivity contribution in [3.63, 3.8) is 0 Å². The van der Waals surface area contributed by atoms with Crippen LogP contribution in [0.15, 0.2) is 30.3 Å². The van der Waals surface area contributed by atoms with Crippen molar-refractivity contribution in [3.05, 3.63) is 47.2 Å². The Morgan fingerprint density at radius 1 is 1.04 bits per heavy atom. The van der Waals surface area contributed by atoms with Crippen molar-refractivity contribution < 1.29 is 17.0 Å². The zero-order chi connectivity index (χ0) is 21.8. The molecule has 2 nitrogen and oxygen atoms in total. The summed E-state index contributed by atoms with van der Waals surface area (Å²) in [6.07, 6.45) is 0. The first-order valence-corrected chi connectivity index (χ1v) is 13.4. The molecular weight excluding hydrogens is 410 g/mol. The van der Waals surface area contributed by atoms with Crippen LogP contribution in [0.2, 0.25) is 0 Å². The van der Waals surface area contributed by atoms with E-state index in [0.717, 1.165) is 0 Å².